The van der Waals surface area contributed by atoms with E-state index in [1.54, 1.807) is 0 Å². The average molecular weight is 176 g/mol. The van der Waals surface area contributed by atoms with Crippen LogP contribution in [0.5, 0.6) is 0 Å². The Kier molecular flexibility index (Phi) is 3.57. The van der Waals surface area contributed by atoms with Crippen LogP contribution < -0.4 is 0 Å². The summed E-state index contributed by atoms with van der Waals surface area (Å²) in [6.07, 6.45) is 8.87. The zero-order chi connectivity index (χ0) is 9.68. The quantitative estimate of drug-likeness (QED) is 0.642. The minimum Gasteiger partial charge on any atom is -0.272 e. The van der Waals surface area contributed by atoms with E-state index in [-0.39, 0.29) is 0 Å². The van der Waals surface area contributed by atoms with Gasteiger partial charge in [-0.2, -0.15) is 5.10 Å². The number of nitrogens with zero attached hydrogens (tertiary/aromatic N) is 2. The third-order valence-corrected chi connectivity index (χ3v) is 1.77. The van der Waals surface area contributed by atoms with Crippen molar-refractivity contribution in [3.63, 3.8) is 0 Å². The van der Waals surface area contributed by atoms with Crippen molar-refractivity contribution in [2.45, 2.75) is 33.2 Å². The Balaban J connectivity index is 2.49. The van der Waals surface area contributed by atoms with Gasteiger partial charge in [-0.05, 0) is 12.0 Å². The molecule has 0 N–H and O–H groups in total. The van der Waals surface area contributed by atoms with Crippen LogP contribution in [0.1, 0.15) is 26.0 Å². The van der Waals surface area contributed by atoms with Gasteiger partial charge in [-0.1, -0.05) is 13.8 Å². The van der Waals surface area contributed by atoms with Crippen LogP contribution in [-0.2, 0) is 13.0 Å². The van der Waals surface area contributed by atoms with Gasteiger partial charge in [0.15, 0.2) is 0 Å². The highest BCUT2D eigenvalue weighted by Gasteiger charge is 1.99. The average Bonchev–Trinajstić information content (AvgIpc) is 2.48. The lowest BCUT2D eigenvalue weighted by Crippen LogP contribution is -2.05. The van der Waals surface area contributed by atoms with Crippen molar-refractivity contribution in [3.05, 3.63) is 18.0 Å². The van der Waals surface area contributed by atoms with Crippen LogP contribution in [0.2, 0.25) is 0 Å². The molecule has 0 atom stereocenters. The molecule has 0 radical (unpaired) electrons. The first-order chi connectivity index (χ1) is 6.22. The van der Waals surface area contributed by atoms with Gasteiger partial charge in [-0.15, -0.1) is 12.3 Å². The lowest BCUT2D eigenvalue weighted by Gasteiger charge is -2.03. The Bertz CT molecular complexity index is 291. The van der Waals surface area contributed by atoms with Gasteiger partial charge in [0.25, 0.3) is 0 Å². The van der Waals surface area contributed by atoms with Crippen LogP contribution in [0.25, 0.3) is 0 Å². The van der Waals surface area contributed by atoms with Crippen LogP contribution in [0.4, 0.5) is 0 Å². The highest BCUT2D eigenvalue weighted by Crippen LogP contribution is 2.02. The number of hydrogen-bond donors (Lipinski definition) is 0. The SMILES string of the molecule is C#CCCc1ccn(CC(C)C)n1. The lowest BCUT2D eigenvalue weighted by atomic mass is 10.2. The van der Waals surface area contributed by atoms with E-state index in [4.69, 9.17) is 6.42 Å². The molecule has 0 saturated heterocycles. The fraction of sp³-hybridized carbons (Fsp3) is 0.545. The van der Waals surface area contributed by atoms with Gasteiger partial charge in [0, 0.05) is 25.6 Å². The Morgan fingerprint density at radius 1 is 1.62 bits per heavy atom. The van der Waals surface area contributed by atoms with Crippen LogP contribution in [-0.4, -0.2) is 9.78 Å². The van der Waals surface area contributed by atoms with Gasteiger partial charge in [0.05, 0.1) is 5.69 Å². The Hall–Kier alpha value is -1.23. The molecule has 2 nitrogen and oxygen atoms in total. The zero-order valence-electron chi connectivity index (χ0n) is 8.33. The highest BCUT2D eigenvalue weighted by atomic mass is 15.3. The monoisotopic (exact) mass is 176 g/mol. The van der Waals surface area contributed by atoms with Crippen molar-refractivity contribution in [2.75, 3.05) is 0 Å². The molecule has 0 unspecified atom stereocenters. The summed E-state index contributed by atoms with van der Waals surface area (Å²) in [7, 11) is 0. The van der Waals surface area contributed by atoms with Crippen molar-refractivity contribution < 1.29 is 0 Å². The molecule has 0 spiro atoms. The smallest absolute Gasteiger partial charge is 0.0634 e. The van der Waals surface area contributed by atoms with E-state index < -0.39 is 0 Å². The van der Waals surface area contributed by atoms with E-state index in [9.17, 15) is 0 Å². The Labute approximate surface area is 80.0 Å². The number of terminal acetylenes is 1. The van der Waals surface area contributed by atoms with Crippen LogP contribution >= 0.6 is 0 Å². The first kappa shape index (κ1) is 9.85. The summed E-state index contributed by atoms with van der Waals surface area (Å²) in [4.78, 5) is 0. The Morgan fingerprint density at radius 3 is 3.00 bits per heavy atom. The molecule has 2 heteroatoms. The van der Waals surface area contributed by atoms with Crippen molar-refractivity contribution >= 4 is 0 Å². The maximum absolute atomic E-state index is 5.18. The molecular formula is C11H16N2. The third-order valence-electron chi connectivity index (χ3n) is 1.77. The molecule has 1 aromatic heterocycles. The molecule has 0 fully saturated rings. The molecule has 0 aliphatic carbocycles. The Morgan fingerprint density at radius 2 is 2.38 bits per heavy atom. The minimum atomic E-state index is 0.639. The van der Waals surface area contributed by atoms with E-state index in [0.717, 1.165) is 25.1 Å². The third kappa shape index (κ3) is 3.33. The molecule has 13 heavy (non-hydrogen) atoms. The summed E-state index contributed by atoms with van der Waals surface area (Å²) < 4.78 is 1.98. The standard InChI is InChI=1S/C11H16N2/c1-4-5-6-11-7-8-13(12-11)9-10(2)3/h1,7-8,10H,5-6,9H2,2-3H3. The van der Waals surface area contributed by atoms with Crippen LogP contribution in [0.3, 0.4) is 0 Å². The number of rotatable bonds is 4. The largest absolute Gasteiger partial charge is 0.272 e. The van der Waals surface area contributed by atoms with Crippen molar-refractivity contribution in [1.29, 1.82) is 0 Å². The van der Waals surface area contributed by atoms with Gasteiger partial charge in [-0.3, -0.25) is 4.68 Å². The highest BCUT2D eigenvalue weighted by molar-refractivity contribution is 5.02. The maximum atomic E-state index is 5.18. The summed E-state index contributed by atoms with van der Waals surface area (Å²) in [6, 6.07) is 2.04. The normalized spacial score (nSPS) is 10.3. The zero-order valence-corrected chi connectivity index (χ0v) is 8.33. The van der Waals surface area contributed by atoms with E-state index in [0.29, 0.717) is 5.92 Å². The molecule has 70 valence electrons. The first-order valence-corrected chi connectivity index (χ1v) is 4.68. The molecule has 1 aromatic rings. The summed E-state index contributed by atoms with van der Waals surface area (Å²) in [5.41, 5.74) is 1.10. The van der Waals surface area contributed by atoms with E-state index in [2.05, 4.69) is 24.9 Å². The summed E-state index contributed by atoms with van der Waals surface area (Å²) in [6.45, 7) is 5.35. The first-order valence-electron chi connectivity index (χ1n) is 4.68. The number of aromatic nitrogens is 2. The molecule has 0 aliphatic heterocycles. The second-order valence-electron chi connectivity index (χ2n) is 3.63. The lowest BCUT2D eigenvalue weighted by molar-refractivity contribution is 0.480. The fourth-order valence-corrected chi connectivity index (χ4v) is 1.21. The number of hydrogen-bond acceptors (Lipinski definition) is 1. The predicted octanol–water partition coefficient (Wildman–Crippen LogP) is 2.10. The molecule has 1 rings (SSSR count). The van der Waals surface area contributed by atoms with Crippen molar-refractivity contribution in [1.82, 2.24) is 9.78 Å². The molecule has 0 aromatic carbocycles. The van der Waals surface area contributed by atoms with Crippen LogP contribution in [0.15, 0.2) is 12.3 Å². The fourth-order valence-electron chi connectivity index (χ4n) is 1.21. The summed E-state index contributed by atoms with van der Waals surface area (Å²) in [5.74, 6) is 3.26. The summed E-state index contributed by atoms with van der Waals surface area (Å²) >= 11 is 0. The van der Waals surface area contributed by atoms with Crippen molar-refractivity contribution in [2.24, 2.45) is 5.92 Å². The number of aryl methyl sites for hydroxylation is 1. The second-order valence-corrected chi connectivity index (χ2v) is 3.63. The van der Waals surface area contributed by atoms with Gasteiger partial charge in [-0.25, -0.2) is 0 Å². The van der Waals surface area contributed by atoms with E-state index >= 15 is 0 Å². The molecular weight excluding hydrogens is 160 g/mol. The van der Waals surface area contributed by atoms with Crippen molar-refractivity contribution in [3.8, 4) is 12.3 Å². The van der Waals surface area contributed by atoms with Gasteiger partial charge >= 0.3 is 0 Å². The van der Waals surface area contributed by atoms with Crippen LogP contribution in [0, 0.1) is 18.3 Å². The van der Waals surface area contributed by atoms with E-state index in [1.807, 2.05) is 16.9 Å². The molecule has 0 aliphatic rings. The maximum Gasteiger partial charge on any atom is 0.0634 e. The summed E-state index contributed by atoms with van der Waals surface area (Å²) in [5, 5.41) is 4.41. The van der Waals surface area contributed by atoms with Gasteiger partial charge < -0.3 is 0 Å². The topological polar surface area (TPSA) is 17.8 Å². The minimum absolute atomic E-state index is 0.639. The predicted molar refractivity (Wildman–Crippen MR) is 54.2 cm³/mol. The van der Waals surface area contributed by atoms with Gasteiger partial charge in [0.1, 0.15) is 0 Å². The van der Waals surface area contributed by atoms with E-state index in [1.165, 1.54) is 0 Å². The second kappa shape index (κ2) is 4.71. The molecule has 0 saturated carbocycles. The molecule has 1 heterocycles. The van der Waals surface area contributed by atoms with Gasteiger partial charge in [0.2, 0.25) is 0 Å². The molecule has 0 bridgehead atoms. The molecule has 0 amide bonds.